The molecule has 2 amide bonds. The lowest BCUT2D eigenvalue weighted by Crippen LogP contribution is -2.57. The number of ether oxygens (including phenoxy) is 1. The van der Waals surface area contributed by atoms with E-state index in [1.807, 2.05) is 53.4 Å². The number of para-hydroxylation sites is 1. The maximum atomic E-state index is 13.4. The molecule has 1 fully saturated rings. The van der Waals surface area contributed by atoms with Crippen molar-refractivity contribution in [1.82, 2.24) is 15.2 Å². The third-order valence-electron chi connectivity index (χ3n) is 5.73. The number of fused-ring (bicyclic) bond motifs is 2. The highest BCUT2D eigenvalue weighted by Gasteiger charge is 2.42. The smallest absolute Gasteiger partial charge is 0.255 e. The number of amides is 2. The van der Waals surface area contributed by atoms with Gasteiger partial charge in [-0.2, -0.15) is 0 Å². The van der Waals surface area contributed by atoms with Crippen LogP contribution in [0.5, 0.6) is 5.75 Å². The van der Waals surface area contributed by atoms with Crippen LogP contribution in [0.15, 0.2) is 60.8 Å². The quantitative estimate of drug-likeness (QED) is 0.697. The molecule has 5 rings (SSSR count). The zero-order valence-corrected chi connectivity index (χ0v) is 15.9. The summed E-state index contributed by atoms with van der Waals surface area (Å²) in [7, 11) is 0. The Morgan fingerprint density at radius 1 is 1.10 bits per heavy atom. The van der Waals surface area contributed by atoms with Gasteiger partial charge in [0.05, 0.1) is 24.2 Å². The van der Waals surface area contributed by atoms with E-state index in [-0.39, 0.29) is 11.8 Å². The molecule has 1 N–H and O–H groups in total. The van der Waals surface area contributed by atoms with Crippen LogP contribution in [-0.2, 0) is 0 Å². The molecule has 3 aromatic rings. The van der Waals surface area contributed by atoms with E-state index in [1.165, 1.54) is 0 Å². The number of rotatable bonds is 1. The molecule has 0 radical (unpaired) electrons. The Hall–Kier alpha value is -3.41. The molecule has 29 heavy (non-hydrogen) atoms. The van der Waals surface area contributed by atoms with Crippen molar-refractivity contribution >= 4 is 22.7 Å². The zero-order valence-electron chi connectivity index (χ0n) is 15.9. The van der Waals surface area contributed by atoms with Crippen molar-refractivity contribution < 1.29 is 14.3 Å². The summed E-state index contributed by atoms with van der Waals surface area (Å²) >= 11 is 0. The summed E-state index contributed by atoms with van der Waals surface area (Å²) in [6.45, 7) is 1.47. The summed E-state index contributed by atoms with van der Waals surface area (Å²) in [5, 5.41) is 3.83. The molecule has 1 aromatic heterocycles. The fraction of sp³-hybridized carbons (Fsp3) is 0.261. The van der Waals surface area contributed by atoms with Crippen molar-refractivity contribution in [2.24, 2.45) is 0 Å². The average Bonchev–Trinajstić information content (AvgIpc) is 2.90. The number of nitrogens with one attached hydrogen (secondary N) is 1. The van der Waals surface area contributed by atoms with Crippen molar-refractivity contribution in [3.63, 3.8) is 0 Å². The second-order valence-electron chi connectivity index (χ2n) is 7.67. The molecule has 6 heteroatoms. The van der Waals surface area contributed by atoms with Gasteiger partial charge in [0.25, 0.3) is 11.8 Å². The maximum absolute atomic E-state index is 13.4. The van der Waals surface area contributed by atoms with Crippen LogP contribution in [-0.4, -0.2) is 46.9 Å². The van der Waals surface area contributed by atoms with Crippen LogP contribution in [0.1, 0.15) is 33.6 Å². The molecule has 3 heterocycles. The summed E-state index contributed by atoms with van der Waals surface area (Å²) in [5.74, 6) is 0.405. The number of carbonyl (C=O) groups excluding carboxylic acids is 2. The van der Waals surface area contributed by atoms with Crippen LogP contribution in [0.2, 0.25) is 0 Å². The van der Waals surface area contributed by atoms with E-state index >= 15 is 0 Å². The fourth-order valence-corrected chi connectivity index (χ4v) is 4.31. The van der Waals surface area contributed by atoms with E-state index in [9.17, 15) is 9.59 Å². The van der Waals surface area contributed by atoms with Gasteiger partial charge in [-0.25, -0.2) is 0 Å². The minimum Gasteiger partial charge on any atom is -0.483 e. The molecule has 0 aliphatic carbocycles. The standard InChI is InChI=1S/C23H21N3O3/c27-21-18-6-1-2-10-20(18)29-23(14-25-21)11-5-13-26(15-23)22(28)17-7-3-9-19-16(17)8-4-12-24-19/h1-4,6-10,12H,5,11,13-15H2,(H,25,27). The monoisotopic (exact) mass is 387 g/mol. The predicted octanol–water partition coefficient (Wildman–Crippen LogP) is 3.03. The van der Waals surface area contributed by atoms with E-state index in [4.69, 9.17) is 4.74 Å². The average molecular weight is 387 g/mol. The Bertz CT molecular complexity index is 1110. The Morgan fingerprint density at radius 3 is 2.93 bits per heavy atom. The first-order chi connectivity index (χ1) is 14.2. The van der Waals surface area contributed by atoms with Crippen molar-refractivity contribution in [2.45, 2.75) is 18.4 Å². The summed E-state index contributed by atoms with van der Waals surface area (Å²) < 4.78 is 6.37. The highest BCUT2D eigenvalue weighted by molar-refractivity contribution is 6.06. The second-order valence-corrected chi connectivity index (χ2v) is 7.67. The number of nitrogens with zero attached hydrogens (tertiary/aromatic N) is 2. The lowest BCUT2D eigenvalue weighted by molar-refractivity contribution is -0.000782. The van der Waals surface area contributed by atoms with Crippen LogP contribution in [0, 0.1) is 0 Å². The Balaban J connectivity index is 1.46. The molecule has 1 spiro atoms. The molecule has 0 bridgehead atoms. The normalized spacial score (nSPS) is 21.2. The van der Waals surface area contributed by atoms with Crippen LogP contribution < -0.4 is 10.1 Å². The lowest BCUT2D eigenvalue weighted by Gasteiger charge is -2.42. The molecular weight excluding hydrogens is 366 g/mol. The van der Waals surface area contributed by atoms with Gasteiger partial charge in [0.15, 0.2) is 0 Å². The van der Waals surface area contributed by atoms with Gasteiger partial charge in [0, 0.05) is 23.7 Å². The molecule has 6 nitrogen and oxygen atoms in total. The number of benzene rings is 2. The number of carbonyl (C=O) groups is 2. The summed E-state index contributed by atoms with van der Waals surface area (Å²) in [6, 6.07) is 16.7. The lowest BCUT2D eigenvalue weighted by atomic mass is 9.91. The fourth-order valence-electron chi connectivity index (χ4n) is 4.31. The zero-order chi connectivity index (χ0) is 19.8. The van der Waals surface area contributed by atoms with E-state index in [1.54, 1.807) is 12.3 Å². The SMILES string of the molecule is O=C1NCC2(CCCN(C(=O)c3cccc4ncccc34)C2)Oc2ccccc21. The molecule has 1 unspecified atom stereocenters. The van der Waals surface area contributed by atoms with Gasteiger partial charge >= 0.3 is 0 Å². The van der Waals surface area contributed by atoms with E-state index in [2.05, 4.69) is 10.3 Å². The van der Waals surface area contributed by atoms with Gasteiger partial charge in [-0.15, -0.1) is 0 Å². The summed E-state index contributed by atoms with van der Waals surface area (Å²) in [4.78, 5) is 32.0. The van der Waals surface area contributed by atoms with Crippen molar-refractivity contribution in [2.75, 3.05) is 19.6 Å². The number of hydrogen-bond donors (Lipinski definition) is 1. The van der Waals surface area contributed by atoms with Gasteiger partial charge in [-0.3, -0.25) is 14.6 Å². The third kappa shape index (κ3) is 3.10. The Morgan fingerprint density at radius 2 is 2.00 bits per heavy atom. The minimum absolute atomic E-state index is 0.0323. The van der Waals surface area contributed by atoms with E-state index in [0.29, 0.717) is 36.5 Å². The molecule has 1 saturated heterocycles. The number of piperidine rings is 1. The molecule has 2 aliphatic rings. The number of pyridine rings is 1. The van der Waals surface area contributed by atoms with E-state index in [0.717, 1.165) is 23.7 Å². The van der Waals surface area contributed by atoms with Crippen LogP contribution >= 0.6 is 0 Å². The van der Waals surface area contributed by atoms with Crippen LogP contribution in [0.25, 0.3) is 10.9 Å². The topological polar surface area (TPSA) is 71.5 Å². The number of hydrogen-bond acceptors (Lipinski definition) is 4. The van der Waals surface area contributed by atoms with Gasteiger partial charge in [-0.1, -0.05) is 24.3 Å². The predicted molar refractivity (Wildman–Crippen MR) is 109 cm³/mol. The first-order valence-corrected chi connectivity index (χ1v) is 9.85. The van der Waals surface area contributed by atoms with Crippen molar-refractivity contribution in [1.29, 1.82) is 0 Å². The van der Waals surface area contributed by atoms with Gasteiger partial charge < -0.3 is 15.0 Å². The highest BCUT2D eigenvalue weighted by atomic mass is 16.5. The first kappa shape index (κ1) is 17.7. The first-order valence-electron chi connectivity index (χ1n) is 9.85. The molecule has 1 atom stereocenters. The Kier molecular flexibility index (Phi) is 4.19. The number of aromatic nitrogens is 1. The van der Waals surface area contributed by atoms with Crippen LogP contribution in [0.3, 0.4) is 0 Å². The second kappa shape index (κ2) is 6.88. The van der Waals surface area contributed by atoms with Crippen molar-refractivity contribution in [3.8, 4) is 5.75 Å². The molecule has 2 aliphatic heterocycles. The van der Waals surface area contributed by atoms with Crippen molar-refractivity contribution in [3.05, 3.63) is 71.9 Å². The largest absolute Gasteiger partial charge is 0.483 e. The summed E-state index contributed by atoms with van der Waals surface area (Å²) in [6.07, 6.45) is 3.32. The maximum Gasteiger partial charge on any atom is 0.255 e. The van der Waals surface area contributed by atoms with Gasteiger partial charge in [-0.05, 0) is 43.2 Å². The summed E-state index contributed by atoms with van der Waals surface area (Å²) in [5.41, 5.74) is 1.36. The molecular formula is C23H21N3O3. The molecule has 0 saturated carbocycles. The van der Waals surface area contributed by atoms with Gasteiger partial charge in [0.2, 0.25) is 0 Å². The Labute approximate surface area is 168 Å². The number of likely N-dealkylation sites (tertiary alicyclic amines) is 1. The van der Waals surface area contributed by atoms with Crippen LogP contribution in [0.4, 0.5) is 0 Å². The minimum atomic E-state index is -0.626. The highest BCUT2D eigenvalue weighted by Crippen LogP contribution is 2.33. The van der Waals surface area contributed by atoms with Gasteiger partial charge in [0.1, 0.15) is 11.4 Å². The van der Waals surface area contributed by atoms with E-state index < -0.39 is 5.60 Å². The molecule has 146 valence electrons. The third-order valence-corrected chi connectivity index (χ3v) is 5.73. The molecule has 2 aromatic carbocycles.